The van der Waals surface area contributed by atoms with Gasteiger partial charge in [0.1, 0.15) is 11.5 Å². The van der Waals surface area contributed by atoms with Crippen LogP contribution in [0.15, 0.2) is 115 Å². The lowest BCUT2D eigenvalue weighted by molar-refractivity contribution is 0.0696. The first kappa shape index (κ1) is 26.0. The van der Waals surface area contributed by atoms with E-state index in [4.69, 9.17) is 0 Å². The Labute approximate surface area is 236 Å². The number of carboxylic acids is 1. The maximum atomic E-state index is 14.9. The maximum absolute atomic E-state index is 14.9. The molecule has 41 heavy (non-hydrogen) atoms. The predicted molar refractivity (Wildman–Crippen MR) is 159 cm³/mol. The number of halogens is 1. The van der Waals surface area contributed by atoms with Gasteiger partial charge in [-0.15, -0.1) is 0 Å². The number of rotatable bonds is 7. The van der Waals surface area contributed by atoms with Crippen molar-refractivity contribution in [3.63, 3.8) is 0 Å². The van der Waals surface area contributed by atoms with Crippen molar-refractivity contribution < 1.29 is 19.1 Å². The first-order chi connectivity index (χ1) is 19.9. The van der Waals surface area contributed by atoms with Crippen LogP contribution < -0.4 is 5.32 Å². The third-order valence-electron chi connectivity index (χ3n) is 7.43. The summed E-state index contributed by atoms with van der Waals surface area (Å²) in [6, 6.07) is 34.8. The highest BCUT2D eigenvalue weighted by Gasteiger charge is 2.19. The number of carbonyl (C=O) groups is 2. The molecule has 6 rings (SSSR count). The Balaban J connectivity index is 1.40. The lowest BCUT2D eigenvalue weighted by atomic mass is 10.0. The molecule has 2 N–H and O–H groups in total. The van der Waals surface area contributed by atoms with Crippen molar-refractivity contribution in [1.82, 2.24) is 9.72 Å². The number of hydrogen-bond acceptors (Lipinski definition) is 2. The molecule has 1 amide bonds. The van der Waals surface area contributed by atoms with Crippen molar-refractivity contribution >= 4 is 28.2 Å². The number of nitrogens with zero attached hydrogens (tertiary/aromatic N) is 1. The fraction of sp³-hybridized carbons (Fsp3) is 0.0857. The van der Waals surface area contributed by atoms with Gasteiger partial charge in [0.05, 0.1) is 11.6 Å². The largest absolute Gasteiger partial charge is 0.478 e. The Morgan fingerprint density at radius 2 is 1.56 bits per heavy atom. The van der Waals surface area contributed by atoms with Gasteiger partial charge in [-0.25, -0.2) is 9.18 Å². The average molecular weight is 543 g/mol. The predicted octanol–water partition coefficient (Wildman–Crippen LogP) is 7.68. The molecule has 0 saturated carbocycles. The Hall–Kier alpha value is -5.23. The summed E-state index contributed by atoms with van der Waals surface area (Å²) in [5.74, 6) is -1.55. The van der Waals surface area contributed by atoms with Crippen molar-refractivity contribution in [2.75, 3.05) is 0 Å². The van der Waals surface area contributed by atoms with Crippen molar-refractivity contribution in [2.45, 2.75) is 19.4 Å². The lowest BCUT2D eigenvalue weighted by Crippen LogP contribution is -2.28. The molecule has 0 fully saturated rings. The Morgan fingerprint density at radius 1 is 0.829 bits per heavy atom. The van der Waals surface area contributed by atoms with Crippen LogP contribution in [0.1, 0.15) is 50.6 Å². The van der Waals surface area contributed by atoms with Gasteiger partial charge in [0, 0.05) is 23.0 Å². The number of aromatic nitrogens is 1. The Morgan fingerprint density at radius 3 is 2.32 bits per heavy atom. The molecule has 2 heterocycles. The summed E-state index contributed by atoms with van der Waals surface area (Å²) in [7, 11) is 0. The fourth-order valence-electron chi connectivity index (χ4n) is 5.32. The van der Waals surface area contributed by atoms with Crippen molar-refractivity contribution in [3.05, 3.63) is 149 Å². The van der Waals surface area contributed by atoms with Crippen LogP contribution in [0.4, 0.5) is 4.39 Å². The van der Waals surface area contributed by atoms with E-state index in [1.165, 1.54) is 12.1 Å². The molecule has 0 aliphatic heterocycles. The molecular weight excluding hydrogens is 515 g/mol. The molecule has 6 aromatic rings. The van der Waals surface area contributed by atoms with Gasteiger partial charge in [0.2, 0.25) is 0 Å². The molecule has 1 atom stereocenters. The Bertz CT molecular complexity index is 1910. The van der Waals surface area contributed by atoms with Crippen LogP contribution in [0.25, 0.3) is 27.4 Å². The number of nitrogens with one attached hydrogen (secondary N) is 1. The summed E-state index contributed by atoms with van der Waals surface area (Å²) in [5, 5.41) is 13.7. The molecule has 4 aromatic carbocycles. The number of carboxylic acid groups (broad SMARTS) is 1. The summed E-state index contributed by atoms with van der Waals surface area (Å²) in [4.78, 5) is 25.1. The van der Waals surface area contributed by atoms with Crippen LogP contribution in [0, 0.1) is 5.82 Å². The maximum Gasteiger partial charge on any atom is 0.335 e. The van der Waals surface area contributed by atoms with Crippen LogP contribution in [0.3, 0.4) is 0 Å². The van der Waals surface area contributed by atoms with Crippen LogP contribution in [0.5, 0.6) is 0 Å². The second kappa shape index (κ2) is 10.7. The van der Waals surface area contributed by atoms with E-state index in [1.807, 2.05) is 90.2 Å². The molecule has 5 nitrogen and oxygen atoms in total. The summed E-state index contributed by atoms with van der Waals surface area (Å²) in [6.45, 7) is 1.86. The fourth-order valence-corrected chi connectivity index (χ4v) is 5.32. The zero-order valence-corrected chi connectivity index (χ0v) is 22.3. The number of fused-ring (bicyclic) bond motifs is 2. The van der Waals surface area contributed by atoms with E-state index in [9.17, 15) is 19.1 Å². The number of aromatic carboxylic acids is 1. The van der Waals surface area contributed by atoms with Gasteiger partial charge in [-0.3, -0.25) is 4.79 Å². The lowest BCUT2D eigenvalue weighted by Gasteiger charge is -2.18. The SMILES string of the molecule is C[C@H](NC(=O)c1cc(-c2ccccc2)cc2ccc(Cc3cc(F)c4ccccc4c3)n12)c1ccc(C(=O)O)cc1. The van der Waals surface area contributed by atoms with Crippen LogP contribution in [0.2, 0.25) is 0 Å². The molecule has 0 unspecified atom stereocenters. The molecular formula is C35H27FN2O3. The second-order valence-corrected chi connectivity index (χ2v) is 10.2. The van der Waals surface area contributed by atoms with Gasteiger partial charge in [0.25, 0.3) is 5.91 Å². The van der Waals surface area contributed by atoms with E-state index in [-0.39, 0.29) is 23.3 Å². The number of amides is 1. The average Bonchev–Trinajstić information content (AvgIpc) is 3.39. The summed E-state index contributed by atoms with van der Waals surface area (Å²) < 4.78 is 16.8. The molecule has 2 aromatic heterocycles. The van der Waals surface area contributed by atoms with Gasteiger partial charge in [-0.1, -0.05) is 72.8 Å². The van der Waals surface area contributed by atoms with E-state index in [1.54, 1.807) is 24.3 Å². The van der Waals surface area contributed by atoms with Gasteiger partial charge < -0.3 is 14.8 Å². The third-order valence-corrected chi connectivity index (χ3v) is 7.43. The summed E-state index contributed by atoms with van der Waals surface area (Å²) in [6.07, 6.45) is 0.438. The highest BCUT2D eigenvalue weighted by molar-refractivity contribution is 5.96. The van der Waals surface area contributed by atoms with E-state index in [2.05, 4.69) is 5.32 Å². The minimum Gasteiger partial charge on any atom is -0.478 e. The quantitative estimate of drug-likeness (QED) is 0.217. The van der Waals surface area contributed by atoms with Crippen molar-refractivity contribution in [1.29, 1.82) is 0 Å². The molecule has 0 aliphatic rings. The molecule has 202 valence electrons. The van der Waals surface area contributed by atoms with Crippen LogP contribution in [-0.4, -0.2) is 21.4 Å². The highest BCUT2D eigenvalue weighted by Crippen LogP contribution is 2.28. The monoisotopic (exact) mass is 542 g/mol. The zero-order valence-electron chi connectivity index (χ0n) is 22.3. The molecule has 6 heteroatoms. The molecule has 0 saturated heterocycles. The standard InChI is InChI=1S/C35H27FN2O3/c1-22(24-11-13-26(14-12-24)35(40)41)37-34(39)33-21-28(25-7-3-2-4-8-25)20-30-16-15-29(38(30)33)18-23-17-27-9-5-6-10-31(27)32(36)19-23/h2-17,19-22H,18H2,1H3,(H,37,39)(H,40,41)/t22-/m0/s1. The van der Waals surface area contributed by atoms with Crippen molar-refractivity contribution in [3.8, 4) is 11.1 Å². The normalized spacial score (nSPS) is 12.0. The van der Waals surface area contributed by atoms with Gasteiger partial charge in [0.15, 0.2) is 0 Å². The number of benzene rings is 4. The third kappa shape index (κ3) is 5.20. The first-order valence-electron chi connectivity index (χ1n) is 13.4. The second-order valence-electron chi connectivity index (χ2n) is 10.2. The van der Waals surface area contributed by atoms with Crippen LogP contribution >= 0.6 is 0 Å². The topological polar surface area (TPSA) is 70.8 Å². The zero-order chi connectivity index (χ0) is 28.5. The first-order valence-corrected chi connectivity index (χ1v) is 13.4. The highest BCUT2D eigenvalue weighted by atomic mass is 19.1. The Kier molecular flexibility index (Phi) is 6.81. The van der Waals surface area contributed by atoms with E-state index >= 15 is 0 Å². The summed E-state index contributed by atoms with van der Waals surface area (Å²) >= 11 is 0. The molecule has 0 bridgehead atoms. The van der Waals surface area contributed by atoms with Crippen LogP contribution in [-0.2, 0) is 6.42 Å². The van der Waals surface area contributed by atoms with Gasteiger partial charge in [-0.2, -0.15) is 0 Å². The van der Waals surface area contributed by atoms with Gasteiger partial charge in [-0.05, 0) is 77.0 Å². The smallest absolute Gasteiger partial charge is 0.335 e. The van der Waals surface area contributed by atoms with Gasteiger partial charge >= 0.3 is 5.97 Å². The van der Waals surface area contributed by atoms with E-state index in [0.29, 0.717) is 17.5 Å². The minimum absolute atomic E-state index is 0.187. The summed E-state index contributed by atoms with van der Waals surface area (Å²) in [5.41, 5.74) is 5.85. The number of hydrogen-bond donors (Lipinski definition) is 2. The molecule has 0 aliphatic carbocycles. The molecule has 0 spiro atoms. The van der Waals surface area contributed by atoms with Crippen molar-refractivity contribution in [2.24, 2.45) is 0 Å². The minimum atomic E-state index is -1.00. The van der Waals surface area contributed by atoms with E-state index < -0.39 is 5.97 Å². The van der Waals surface area contributed by atoms with E-state index in [0.717, 1.165) is 38.9 Å². The number of pyridine rings is 1. The molecule has 0 radical (unpaired) electrons. The number of carbonyl (C=O) groups excluding carboxylic acids is 1.